The Morgan fingerprint density at radius 2 is 1.33 bits per heavy atom. The topological polar surface area (TPSA) is 36.9 Å². The van der Waals surface area contributed by atoms with Crippen LogP contribution in [0.4, 0.5) is 0 Å². The van der Waals surface area contributed by atoms with Crippen LogP contribution in [-0.4, -0.2) is 56.7 Å². The van der Waals surface area contributed by atoms with E-state index in [4.69, 9.17) is 18.6 Å². The molecule has 0 saturated heterocycles. The van der Waals surface area contributed by atoms with Gasteiger partial charge in [0.05, 0.1) is 7.11 Å². The molecule has 46 heavy (non-hydrogen) atoms. The molecule has 0 aliphatic heterocycles. The Morgan fingerprint density at radius 3 is 1.83 bits per heavy atom. The Labute approximate surface area is 289 Å². The van der Waals surface area contributed by atoms with Crippen LogP contribution in [0.15, 0.2) is 66.7 Å². The standard InChI is InChI=1S/C28H41O4Si.3C4H9.Sn/c1-22(31-21-24-15-17-25(29-5)18-16-24)14-19-26(30-6)27(20-23-12-10-9-11-13-23)32-33(7,8)28(2,3)4;3*1-3-4-2;/h9-19,22,26-27H,6,20-21H2,1-5,7-8H3;3*1,3-4H2,2H3;/b19-14-;;;;/t22?,26?,27-;;;;/m1..../s1. The predicted octanol–water partition coefficient (Wildman–Crippen LogP) is 11.6. The molecule has 2 aromatic carbocycles. The number of methoxy groups -OCH3 is 1. The van der Waals surface area contributed by atoms with Gasteiger partial charge in [0, 0.05) is 0 Å². The van der Waals surface area contributed by atoms with E-state index in [9.17, 15) is 0 Å². The van der Waals surface area contributed by atoms with Crippen molar-refractivity contribution >= 4 is 26.7 Å². The number of hydrogen-bond acceptors (Lipinski definition) is 4. The zero-order valence-electron chi connectivity index (χ0n) is 31.2. The quantitative estimate of drug-likeness (QED) is 0.0835. The van der Waals surface area contributed by atoms with Crippen molar-refractivity contribution in [2.75, 3.05) is 11.7 Å². The van der Waals surface area contributed by atoms with E-state index in [1.807, 2.05) is 12.1 Å². The number of ether oxygens (including phenoxy) is 3. The molecule has 0 aromatic heterocycles. The van der Waals surface area contributed by atoms with Crippen LogP contribution in [0.5, 0.6) is 5.75 Å². The van der Waals surface area contributed by atoms with Crippen molar-refractivity contribution in [2.45, 2.75) is 150 Å². The van der Waals surface area contributed by atoms with Crippen LogP contribution >= 0.6 is 0 Å². The molecule has 260 valence electrons. The van der Waals surface area contributed by atoms with Crippen molar-refractivity contribution in [1.29, 1.82) is 0 Å². The fourth-order valence-electron chi connectivity index (χ4n) is 5.70. The normalized spacial score (nSPS) is 14.8. The van der Waals surface area contributed by atoms with Gasteiger partial charge in [-0.2, -0.15) is 0 Å². The summed E-state index contributed by atoms with van der Waals surface area (Å²) < 4.78 is 31.5. The van der Waals surface area contributed by atoms with E-state index in [2.05, 4.69) is 116 Å². The molecule has 2 unspecified atom stereocenters. The second-order valence-electron chi connectivity index (χ2n) is 14.9. The van der Waals surface area contributed by atoms with Gasteiger partial charge in [0.2, 0.25) is 0 Å². The average molecular weight is 760 g/mol. The fraction of sp³-hybridized carbons (Fsp3) is 0.650. The van der Waals surface area contributed by atoms with E-state index in [1.165, 1.54) is 57.4 Å². The average Bonchev–Trinajstić information content (AvgIpc) is 3.04. The van der Waals surface area contributed by atoms with E-state index in [1.54, 1.807) is 7.11 Å². The zero-order chi connectivity index (χ0) is 34.1. The Morgan fingerprint density at radius 1 is 0.761 bits per heavy atom. The molecule has 0 fully saturated rings. The zero-order valence-corrected chi connectivity index (χ0v) is 35.1. The summed E-state index contributed by atoms with van der Waals surface area (Å²) in [5.74, 6) is 0.862. The molecular formula is C40H68O4SiSn. The Bertz CT molecular complexity index is 1070. The van der Waals surface area contributed by atoms with Gasteiger partial charge in [0.1, 0.15) is 0 Å². The first-order valence-electron chi connectivity index (χ1n) is 18.1. The second kappa shape index (κ2) is 21.1. The summed E-state index contributed by atoms with van der Waals surface area (Å²) >= 11 is -2.55. The third-order valence-electron chi connectivity index (χ3n) is 9.91. The fourth-order valence-corrected chi connectivity index (χ4v) is 21.4. The second-order valence-corrected chi connectivity index (χ2v) is 33.4. The van der Waals surface area contributed by atoms with E-state index in [-0.39, 0.29) is 23.4 Å². The number of hydrogen-bond donors (Lipinski definition) is 0. The first kappa shape index (κ1) is 41.0. The maximum atomic E-state index is 7.29. The Kier molecular flexibility index (Phi) is 18.8. The molecule has 0 spiro atoms. The van der Waals surface area contributed by atoms with Crippen molar-refractivity contribution in [3.8, 4) is 5.75 Å². The van der Waals surface area contributed by atoms with Gasteiger partial charge in [-0.25, -0.2) is 0 Å². The Hall–Kier alpha value is -1.12. The van der Waals surface area contributed by atoms with Crippen LogP contribution < -0.4 is 4.74 Å². The van der Waals surface area contributed by atoms with Crippen LogP contribution in [-0.2, 0) is 26.9 Å². The minimum atomic E-state index is -2.55. The summed E-state index contributed by atoms with van der Waals surface area (Å²) in [6, 6.07) is 19.0. The van der Waals surface area contributed by atoms with Crippen LogP contribution in [0, 0.1) is 0 Å². The van der Waals surface area contributed by atoms with Crippen molar-refractivity contribution in [1.82, 2.24) is 0 Å². The molecule has 2 rings (SSSR count). The van der Waals surface area contributed by atoms with Crippen LogP contribution in [0.3, 0.4) is 0 Å². The van der Waals surface area contributed by atoms with Crippen LogP contribution in [0.1, 0.15) is 98.1 Å². The molecule has 0 amide bonds. The summed E-state index contributed by atoms with van der Waals surface area (Å²) in [5, 5.41) is 0.108. The van der Waals surface area contributed by atoms with Crippen molar-refractivity contribution in [2.24, 2.45) is 0 Å². The van der Waals surface area contributed by atoms with Gasteiger partial charge in [-0.1, -0.05) is 0 Å². The molecule has 0 N–H and O–H groups in total. The van der Waals surface area contributed by atoms with Gasteiger partial charge in [-0.05, 0) is 0 Å². The van der Waals surface area contributed by atoms with E-state index in [0.717, 1.165) is 22.4 Å². The molecule has 2 aromatic rings. The number of benzene rings is 2. The summed E-state index contributed by atoms with van der Waals surface area (Å²) in [4.78, 5) is 0. The van der Waals surface area contributed by atoms with Gasteiger partial charge in [0.25, 0.3) is 0 Å². The molecule has 0 aliphatic rings. The van der Waals surface area contributed by atoms with Crippen molar-refractivity contribution in [3.05, 3.63) is 77.9 Å². The first-order valence-corrected chi connectivity index (χ1v) is 29.1. The van der Waals surface area contributed by atoms with Crippen molar-refractivity contribution < 1.29 is 18.6 Å². The molecule has 4 nitrogen and oxygen atoms in total. The third-order valence-corrected chi connectivity index (χ3v) is 28.7. The summed E-state index contributed by atoms with van der Waals surface area (Å²) in [6.07, 6.45) is 13.0. The van der Waals surface area contributed by atoms with Crippen LogP contribution in [0.25, 0.3) is 0 Å². The van der Waals surface area contributed by atoms with Gasteiger partial charge in [-0.3, -0.25) is 0 Å². The van der Waals surface area contributed by atoms with E-state index >= 15 is 0 Å². The maximum absolute atomic E-state index is 7.29. The van der Waals surface area contributed by atoms with Gasteiger partial charge >= 0.3 is 279 Å². The van der Waals surface area contributed by atoms with Crippen molar-refractivity contribution in [3.63, 3.8) is 0 Å². The molecule has 3 atom stereocenters. The predicted molar refractivity (Wildman–Crippen MR) is 203 cm³/mol. The molecule has 6 heteroatoms. The molecular weight excluding hydrogens is 691 g/mol. The van der Waals surface area contributed by atoms with E-state index < -0.39 is 26.7 Å². The third kappa shape index (κ3) is 14.6. The van der Waals surface area contributed by atoms with Gasteiger partial charge < -0.3 is 4.74 Å². The minimum absolute atomic E-state index is 0.0491. The molecule has 0 saturated carbocycles. The van der Waals surface area contributed by atoms with Gasteiger partial charge in [-0.15, -0.1) is 0 Å². The first-order chi connectivity index (χ1) is 21.9. The number of unbranched alkanes of at least 4 members (excludes halogenated alkanes) is 3. The Balaban J connectivity index is 2.43. The molecule has 0 radical (unpaired) electrons. The molecule has 0 bridgehead atoms. The summed E-state index contributed by atoms with van der Waals surface area (Å²) in [7, 11) is -0.388. The molecule has 0 aliphatic carbocycles. The summed E-state index contributed by atoms with van der Waals surface area (Å²) in [6.45, 7) is 21.5. The van der Waals surface area contributed by atoms with E-state index in [0.29, 0.717) is 6.61 Å². The van der Waals surface area contributed by atoms with Gasteiger partial charge in [0.15, 0.2) is 0 Å². The summed E-state index contributed by atoms with van der Waals surface area (Å²) in [5.41, 5.74) is 2.44. The monoisotopic (exact) mass is 760 g/mol. The molecule has 0 heterocycles. The van der Waals surface area contributed by atoms with Crippen LogP contribution in [0.2, 0.25) is 31.4 Å². The number of rotatable bonds is 23. The SMILES string of the molecule is CCC[CH2][Sn]([CH2]CCC)([CH2]CCC)[CH2]OC(/C=C\C(C)OCc1ccc(OC)cc1)[C@@H](Cc1ccccc1)O[Si](C)(C)C(C)(C)C.